The minimum Gasteiger partial charge on any atom is -0.325 e. The molecular formula is C8H13N4OP3. The van der Waals surface area contributed by atoms with Crippen LogP contribution >= 0.6 is 26.6 Å². The fourth-order valence-electron chi connectivity index (χ4n) is 1.31. The van der Waals surface area contributed by atoms with E-state index in [9.17, 15) is 4.79 Å². The zero-order chi connectivity index (χ0) is 11.4. The summed E-state index contributed by atoms with van der Waals surface area (Å²) in [5, 5.41) is 2.85. The third-order valence-electron chi connectivity index (χ3n) is 1.92. The Labute approximate surface area is 99.8 Å². The molecule has 2 atom stereocenters. The molecule has 0 aromatic heterocycles. The van der Waals surface area contributed by atoms with E-state index in [0.29, 0.717) is 26.6 Å². The molecule has 1 saturated heterocycles. The minimum atomic E-state index is -0.0427. The van der Waals surface area contributed by atoms with Crippen LogP contribution < -0.4 is 19.5 Å². The number of rotatable bonds is 2. The number of carbonyl (C=O) groups is 1. The zero-order valence-electron chi connectivity index (χ0n) is 8.66. The van der Waals surface area contributed by atoms with Crippen LogP contribution in [0.4, 0.5) is 11.4 Å². The van der Waals surface area contributed by atoms with Gasteiger partial charge in [-0.05, 0) is 12.1 Å². The predicted octanol–water partition coefficient (Wildman–Crippen LogP) is 2.17. The number of nitrogens with one attached hydrogen (secondary N) is 3. The molecule has 1 fully saturated rings. The number of nitrogens with zero attached hydrogens (tertiary/aromatic N) is 1. The van der Waals surface area contributed by atoms with E-state index in [2.05, 4.69) is 19.5 Å². The first kappa shape index (κ1) is 12.2. The number of anilines is 2. The second-order valence-electron chi connectivity index (χ2n) is 3.13. The molecule has 16 heavy (non-hydrogen) atoms. The summed E-state index contributed by atoms with van der Waals surface area (Å²) in [6.07, 6.45) is 0. The van der Waals surface area contributed by atoms with Gasteiger partial charge >= 0.3 is 0 Å². The molecule has 2 rings (SSSR count). The van der Waals surface area contributed by atoms with E-state index in [-0.39, 0.29) is 5.91 Å². The van der Waals surface area contributed by atoms with Crippen LogP contribution in [0, 0.1) is 0 Å². The highest BCUT2D eigenvalue weighted by molar-refractivity contribution is 7.70. The summed E-state index contributed by atoms with van der Waals surface area (Å²) < 4.78 is 2.20. The van der Waals surface area contributed by atoms with Crippen LogP contribution in [-0.4, -0.2) is 5.91 Å². The smallest absolute Gasteiger partial charge is 0.221 e. The van der Waals surface area contributed by atoms with Gasteiger partial charge in [-0.2, -0.15) is 0 Å². The molecular weight excluding hydrogens is 261 g/mol. The van der Waals surface area contributed by atoms with Crippen LogP contribution in [0.25, 0.3) is 0 Å². The van der Waals surface area contributed by atoms with Crippen LogP contribution in [0.1, 0.15) is 6.92 Å². The predicted molar refractivity (Wildman–Crippen MR) is 74.4 cm³/mol. The van der Waals surface area contributed by atoms with Gasteiger partial charge < -0.3 is 9.76 Å². The molecule has 1 aliphatic heterocycles. The first-order valence-electron chi connectivity index (χ1n) is 4.70. The molecule has 1 aliphatic rings. The Morgan fingerprint density at radius 2 is 2.00 bits per heavy atom. The van der Waals surface area contributed by atoms with Crippen LogP contribution in [-0.2, 0) is 4.79 Å². The van der Waals surface area contributed by atoms with Gasteiger partial charge in [0.05, 0.1) is 29.1 Å². The summed E-state index contributed by atoms with van der Waals surface area (Å²) in [5.41, 5.74) is 1.92. The molecule has 1 heterocycles. The van der Waals surface area contributed by atoms with Crippen molar-refractivity contribution >= 4 is 43.9 Å². The third kappa shape index (κ3) is 3.10. The van der Waals surface area contributed by atoms with Gasteiger partial charge in [0, 0.05) is 15.8 Å². The Morgan fingerprint density at radius 1 is 1.31 bits per heavy atom. The average Bonchev–Trinajstić information content (AvgIpc) is 2.30. The first-order chi connectivity index (χ1) is 7.77. The maximum atomic E-state index is 11.1. The lowest BCUT2D eigenvalue weighted by molar-refractivity contribution is -0.114. The number of benzene rings is 1. The van der Waals surface area contributed by atoms with Crippen molar-refractivity contribution in [2.75, 3.05) is 9.76 Å². The monoisotopic (exact) mass is 274 g/mol. The van der Waals surface area contributed by atoms with E-state index in [0.717, 1.165) is 11.4 Å². The third-order valence-corrected chi connectivity index (χ3v) is 5.41. The molecule has 0 bridgehead atoms. The summed E-state index contributed by atoms with van der Waals surface area (Å²) in [6.45, 7) is 1.52. The molecule has 0 spiro atoms. The van der Waals surface area contributed by atoms with Crippen molar-refractivity contribution < 1.29 is 4.79 Å². The van der Waals surface area contributed by atoms with Crippen molar-refractivity contribution in [3.05, 3.63) is 24.3 Å². The summed E-state index contributed by atoms with van der Waals surface area (Å²) in [6, 6.07) is 7.84. The lowest BCUT2D eigenvalue weighted by atomic mass is 10.3. The van der Waals surface area contributed by atoms with E-state index in [1.54, 1.807) is 0 Å². The SMILES string of the molecule is CC(=O)Nc1ccccc1N1PNPNP1. The van der Waals surface area contributed by atoms with Crippen molar-refractivity contribution in [1.29, 1.82) is 0 Å². The quantitative estimate of drug-likeness (QED) is 0.723. The standard InChI is InChI=1S/C8H13N4OP3/c1-6(13)9-7-4-2-3-5-8(7)12-15-10-14-11-16-12/h2-5,10-11,14-16H,1H3,(H,9,13). The number of hydrogen-bond acceptors (Lipinski definition) is 4. The highest BCUT2D eigenvalue weighted by atomic mass is 31.2. The summed E-state index contributed by atoms with van der Waals surface area (Å²) in [4.78, 5) is 17.7. The second-order valence-corrected chi connectivity index (χ2v) is 7.17. The van der Waals surface area contributed by atoms with Crippen LogP contribution in [0.3, 0.4) is 0 Å². The summed E-state index contributed by atoms with van der Waals surface area (Å²) in [5.74, 6) is -0.0427. The molecule has 1 aromatic carbocycles. The van der Waals surface area contributed by atoms with Gasteiger partial charge in [0.25, 0.3) is 0 Å². The molecule has 5 nitrogen and oxygen atoms in total. The number of hydrogen-bond donors (Lipinski definition) is 3. The van der Waals surface area contributed by atoms with Gasteiger partial charge in [-0.15, -0.1) is 0 Å². The summed E-state index contributed by atoms with van der Waals surface area (Å²) >= 11 is 0. The van der Waals surface area contributed by atoms with Crippen molar-refractivity contribution in [3.8, 4) is 0 Å². The van der Waals surface area contributed by atoms with E-state index in [4.69, 9.17) is 0 Å². The Hall–Kier alpha value is -0.300. The van der Waals surface area contributed by atoms with Crippen LogP contribution in [0.15, 0.2) is 24.3 Å². The first-order valence-corrected chi connectivity index (χ1v) is 7.60. The highest BCUT2D eigenvalue weighted by Crippen LogP contribution is 2.44. The number of carbonyl (C=O) groups excluding carboxylic acids is 1. The molecule has 3 N–H and O–H groups in total. The average molecular weight is 274 g/mol. The molecule has 2 unspecified atom stereocenters. The molecule has 0 aliphatic carbocycles. The fourth-order valence-corrected chi connectivity index (χ4v) is 5.33. The second kappa shape index (κ2) is 5.86. The largest absolute Gasteiger partial charge is 0.325 e. The summed E-state index contributed by atoms with van der Waals surface area (Å²) in [7, 11) is 1.74. The lowest BCUT2D eigenvalue weighted by Gasteiger charge is -2.30. The van der Waals surface area contributed by atoms with Crippen molar-refractivity contribution in [2.24, 2.45) is 0 Å². The van der Waals surface area contributed by atoms with Crippen molar-refractivity contribution in [2.45, 2.75) is 6.92 Å². The molecule has 1 amide bonds. The molecule has 0 radical (unpaired) electrons. The normalized spacial score (nSPS) is 20.4. The van der Waals surface area contributed by atoms with E-state index < -0.39 is 0 Å². The van der Waals surface area contributed by atoms with Crippen molar-refractivity contribution in [3.63, 3.8) is 0 Å². The molecule has 1 aromatic rings. The Morgan fingerprint density at radius 3 is 2.69 bits per heavy atom. The van der Waals surface area contributed by atoms with Gasteiger partial charge in [-0.3, -0.25) is 4.79 Å². The van der Waals surface area contributed by atoms with Gasteiger partial charge in [-0.25, -0.2) is 9.72 Å². The number of para-hydroxylation sites is 2. The Bertz CT molecular complexity index is 383. The van der Waals surface area contributed by atoms with Gasteiger partial charge in [0.2, 0.25) is 5.91 Å². The topological polar surface area (TPSA) is 56.4 Å². The highest BCUT2D eigenvalue weighted by Gasteiger charge is 2.14. The van der Waals surface area contributed by atoms with Gasteiger partial charge in [-0.1, -0.05) is 12.1 Å². The maximum Gasteiger partial charge on any atom is 0.221 e. The number of amides is 1. The Kier molecular flexibility index (Phi) is 4.45. The van der Waals surface area contributed by atoms with Crippen molar-refractivity contribution in [1.82, 2.24) is 9.72 Å². The lowest BCUT2D eigenvalue weighted by Crippen LogP contribution is -2.17. The van der Waals surface area contributed by atoms with E-state index in [1.165, 1.54) is 6.92 Å². The van der Waals surface area contributed by atoms with Gasteiger partial charge in [0.15, 0.2) is 0 Å². The van der Waals surface area contributed by atoms with E-state index in [1.807, 2.05) is 24.3 Å². The molecule has 8 heteroatoms. The fraction of sp³-hybridized carbons (Fsp3) is 0.125. The van der Waals surface area contributed by atoms with Crippen LogP contribution in [0.5, 0.6) is 0 Å². The van der Waals surface area contributed by atoms with E-state index >= 15 is 0 Å². The van der Waals surface area contributed by atoms with Crippen LogP contribution in [0.2, 0.25) is 0 Å². The molecule has 0 saturated carbocycles. The van der Waals surface area contributed by atoms with Gasteiger partial charge in [0.1, 0.15) is 0 Å². The molecule has 86 valence electrons. The Balaban J connectivity index is 2.20. The zero-order valence-corrected chi connectivity index (χ0v) is 11.7. The minimum absolute atomic E-state index is 0.0427. The maximum absolute atomic E-state index is 11.1.